The molecule has 0 saturated heterocycles. The van der Waals surface area contributed by atoms with Gasteiger partial charge in [-0.2, -0.15) is 0 Å². The summed E-state index contributed by atoms with van der Waals surface area (Å²) in [6, 6.07) is 3.69. The lowest BCUT2D eigenvalue weighted by Gasteiger charge is -2.32. The minimum absolute atomic E-state index is 0.187. The van der Waals surface area contributed by atoms with Gasteiger partial charge in [0.25, 0.3) is 0 Å². The van der Waals surface area contributed by atoms with Gasteiger partial charge in [0.15, 0.2) is 0 Å². The zero-order valence-corrected chi connectivity index (χ0v) is 14.6. The topological polar surface area (TPSA) is 17.8 Å². The van der Waals surface area contributed by atoms with Gasteiger partial charge in [-0.15, -0.1) is 11.6 Å². The molecule has 21 heavy (non-hydrogen) atoms. The molecule has 3 rings (SSSR count). The fourth-order valence-corrected chi connectivity index (χ4v) is 3.90. The van der Waals surface area contributed by atoms with Gasteiger partial charge in [-0.1, -0.05) is 19.8 Å². The van der Waals surface area contributed by atoms with E-state index in [9.17, 15) is 4.39 Å². The maximum Gasteiger partial charge on any atom is 0.139 e. The van der Waals surface area contributed by atoms with E-state index in [-0.39, 0.29) is 11.2 Å². The van der Waals surface area contributed by atoms with E-state index in [0.717, 1.165) is 23.3 Å². The maximum absolute atomic E-state index is 14.0. The van der Waals surface area contributed by atoms with Gasteiger partial charge in [0.05, 0.1) is 20.9 Å². The first-order chi connectivity index (χ1) is 9.99. The van der Waals surface area contributed by atoms with Crippen molar-refractivity contribution in [1.82, 2.24) is 9.55 Å². The Morgan fingerprint density at radius 3 is 2.76 bits per heavy atom. The molecule has 0 amide bonds. The molecule has 3 unspecified atom stereocenters. The number of nitrogens with zero attached hydrogens (tertiary/aromatic N) is 2. The highest BCUT2D eigenvalue weighted by Gasteiger charge is 2.28. The second-order valence-electron chi connectivity index (χ2n) is 6.04. The molecule has 1 heterocycles. The van der Waals surface area contributed by atoms with Crippen LogP contribution < -0.4 is 0 Å². The lowest BCUT2D eigenvalue weighted by Crippen LogP contribution is -2.23. The molecule has 1 saturated carbocycles. The molecule has 0 N–H and O–H groups in total. The average molecular weight is 374 g/mol. The molecule has 0 bridgehead atoms. The highest BCUT2D eigenvalue weighted by atomic mass is 79.9. The molecule has 1 aromatic carbocycles. The third kappa shape index (κ3) is 2.72. The molecule has 2 nitrogen and oxygen atoms in total. The Hall–Kier alpha value is -0.610. The largest absolute Gasteiger partial charge is 0.323 e. The highest BCUT2D eigenvalue weighted by Crippen LogP contribution is 2.39. The summed E-state index contributed by atoms with van der Waals surface area (Å²) in [6.45, 7) is 4.20. The van der Waals surface area contributed by atoms with Gasteiger partial charge in [-0.3, -0.25) is 0 Å². The molecular formula is C16H19BrClFN2. The van der Waals surface area contributed by atoms with E-state index in [4.69, 9.17) is 11.6 Å². The van der Waals surface area contributed by atoms with E-state index in [1.54, 1.807) is 12.1 Å². The van der Waals surface area contributed by atoms with Crippen molar-refractivity contribution in [1.29, 1.82) is 0 Å². The van der Waals surface area contributed by atoms with Crippen LogP contribution in [0, 0.1) is 11.7 Å². The van der Waals surface area contributed by atoms with E-state index in [2.05, 4.69) is 32.4 Å². The van der Waals surface area contributed by atoms with Crippen LogP contribution in [0.5, 0.6) is 0 Å². The van der Waals surface area contributed by atoms with Crippen molar-refractivity contribution in [2.45, 2.75) is 50.9 Å². The molecule has 1 fully saturated rings. The van der Waals surface area contributed by atoms with Crippen LogP contribution in [0.1, 0.15) is 56.8 Å². The molecule has 2 aromatic rings. The second kappa shape index (κ2) is 5.88. The normalized spacial score (nSPS) is 24.4. The summed E-state index contributed by atoms with van der Waals surface area (Å²) in [6.07, 6.45) is 4.81. The van der Waals surface area contributed by atoms with Crippen LogP contribution in [0.4, 0.5) is 4.39 Å². The number of alkyl halides is 1. The lowest BCUT2D eigenvalue weighted by atomic mass is 9.85. The predicted molar refractivity (Wildman–Crippen MR) is 88.3 cm³/mol. The Bertz CT molecular complexity index is 668. The molecule has 5 heteroatoms. The van der Waals surface area contributed by atoms with Gasteiger partial charge >= 0.3 is 0 Å². The first-order valence-corrected chi connectivity index (χ1v) is 8.73. The number of rotatable bonds is 2. The predicted octanol–water partition coefficient (Wildman–Crippen LogP) is 5.99. The SMILES string of the molecule is CC(Cl)c1nc2cc(Br)c(F)cc2n1C1CCCCC1C. The number of benzene rings is 1. The fraction of sp³-hybridized carbons (Fsp3) is 0.562. The molecule has 114 valence electrons. The van der Waals surface area contributed by atoms with Crippen molar-refractivity contribution in [2.24, 2.45) is 5.92 Å². The number of halogens is 3. The van der Waals surface area contributed by atoms with Gasteiger partial charge in [0.2, 0.25) is 0 Å². The van der Waals surface area contributed by atoms with E-state index in [1.807, 2.05) is 6.92 Å². The summed E-state index contributed by atoms with van der Waals surface area (Å²) in [5.41, 5.74) is 1.67. The molecule has 0 radical (unpaired) electrons. The van der Waals surface area contributed by atoms with E-state index in [0.29, 0.717) is 16.4 Å². The van der Waals surface area contributed by atoms with Crippen LogP contribution in [-0.4, -0.2) is 9.55 Å². The van der Waals surface area contributed by atoms with Gasteiger partial charge in [-0.25, -0.2) is 9.37 Å². The van der Waals surface area contributed by atoms with Gasteiger partial charge < -0.3 is 4.57 Å². The summed E-state index contributed by atoms with van der Waals surface area (Å²) < 4.78 is 16.6. The molecule has 0 spiro atoms. The Kier molecular flexibility index (Phi) is 4.28. The fourth-order valence-electron chi connectivity index (χ4n) is 3.42. The van der Waals surface area contributed by atoms with Crippen molar-refractivity contribution in [3.05, 3.63) is 28.2 Å². The van der Waals surface area contributed by atoms with Crippen molar-refractivity contribution < 1.29 is 4.39 Å². The van der Waals surface area contributed by atoms with Gasteiger partial charge in [-0.05, 0) is 47.7 Å². The molecular weight excluding hydrogens is 355 g/mol. The lowest BCUT2D eigenvalue weighted by molar-refractivity contribution is 0.257. The molecule has 1 aromatic heterocycles. The number of hydrogen-bond donors (Lipinski definition) is 0. The summed E-state index contributed by atoms with van der Waals surface area (Å²) >= 11 is 9.58. The third-order valence-corrected chi connectivity index (χ3v) is 5.32. The van der Waals surface area contributed by atoms with Crippen molar-refractivity contribution >= 4 is 38.6 Å². The summed E-state index contributed by atoms with van der Waals surface area (Å²) in [5.74, 6) is 1.17. The number of hydrogen-bond acceptors (Lipinski definition) is 1. The number of imidazole rings is 1. The second-order valence-corrected chi connectivity index (χ2v) is 7.55. The van der Waals surface area contributed by atoms with Crippen molar-refractivity contribution in [3.8, 4) is 0 Å². The Balaban J connectivity index is 2.22. The molecule has 3 atom stereocenters. The standard InChI is InChI=1S/C16H19BrClFN2/c1-9-5-3-4-6-14(9)21-15-8-12(19)11(17)7-13(15)20-16(21)10(2)18/h7-10,14H,3-6H2,1-2H3. The summed E-state index contributed by atoms with van der Waals surface area (Å²) in [5, 5.41) is -0.187. The van der Waals surface area contributed by atoms with E-state index in [1.165, 1.54) is 19.3 Å². The van der Waals surface area contributed by atoms with Crippen LogP contribution in [0.2, 0.25) is 0 Å². The average Bonchev–Trinajstić information content (AvgIpc) is 2.78. The first-order valence-electron chi connectivity index (χ1n) is 7.50. The van der Waals surface area contributed by atoms with Crippen LogP contribution in [0.15, 0.2) is 16.6 Å². The van der Waals surface area contributed by atoms with Crippen LogP contribution in [0.3, 0.4) is 0 Å². The summed E-state index contributed by atoms with van der Waals surface area (Å²) in [7, 11) is 0. The molecule has 1 aliphatic rings. The van der Waals surface area contributed by atoms with E-state index < -0.39 is 0 Å². The molecule has 1 aliphatic carbocycles. The van der Waals surface area contributed by atoms with Crippen molar-refractivity contribution in [2.75, 3.05) is 0 Å². The monoisotopic (exact) mass is 372 g/mol. The Labute approximate surface area is 137 Å². The highest BCUT2D eigenvalue weighted by molar-refractivity contribution is 9.10. The number of fused-ring (bicyclic) bond motifs is 1. The van der Waals surface area contributed by atoms with Crippen LogP contribution in [0.25, 0.3) is 11.0 Å². The maximum atomic E-state index is 14.0. The first kappa shape index (κ1) is 15.3. The zero-order chi connectivity index (χ0) is 15.1. The van der Waals surface area contributed by atoms with Gasteiger partial charge in [0.1, 0.15) is 11.6 Å². The smallest absolute Gasteiger partial charge is 0.139 e. The quantitative estimate of drug-likeness (QED) is 0.591. The third-order valence-electron chi connectivity index (χ3n) is 4.51. The summed E-state index contributed by atoms with van der Waals surface area (Å²) in [4.78, 5) is 4.66. The Morgan fingerprint density at radius 2 is 2.10 bits per heavy atom. The van der Waals surface area contributed by atoms with Crippen molar-refractivity contribution in [3.63, 3.8) is 0 Å². The van der Waals surface area contributed by atoms with Crippen LogP contribution >= 0.6 is 27.5 Å². The van der Waals surface area contributed by atoms with Gasteiger partial charge in [0, 0.05) is 12.1 Å². The zero-order valence-electron chi connectivity index (χ0n) is 12.2. The molecule has 0 aliphatic heterocycles. The van der Waals surface area contributed by atoms with Crippen LogP contribution in [-0.2, 0) is 0 Å². The number of aromatic nitrogens is 2. The van der Waals surface area contributed by atoms with E-state index >= 15 is 0 Å². The minimum atomic E-state index is -0.249. The Morgan fingerprint density at radius 1 is 1.38 bits per heavy atom. The minimum Gasteiger partial charge on any atom is -0.323 e.